The molecule has 6 nitrogen and oxygen atoms in total. The van der Waals surface area contributed by atoms with E-state index in [0.717, 1.165) is 37.5 Å². The number of nitrogens with two attached hydrogens (primary N) is 1. The van der Waals surface area contributed by atoms with Gasteiger partial charge in [0.2, 0.25) is 0 Å². The van der Waals surface area contributed by atoms with Gasteiger partial charge in [0.05, 0.1) is 5.69 Å². The number of hydrogen-bond acceptors (Lipinski definition) is 6. The van der Waals surface area contributed by atoms with E-state index in [9.17, 15) is 9.59 Å². The van der Waals surface area contributed by atoms with E-state index in [1.54, 1.807) is 11.8 Å². The molecule has 1 aromatic rings. The number of anilines is 1. The van der Waals surface area contributed by atoms with Gasteiger partial charge in [-0.3, -0.25) is 4.79 Å². The Hall–Kier alpha value is -1.63. The lowest BCUT2D eigenvalue weighted by atomic mass is 10.2. The van der Waals surface area contributed by atoms with Gasteiger partial charge >= 0.3 is 5.97 Å². The van der Waals surface area contributed by atoms with Crippen LogP contribution in [0.4, 0.5) is 5.00 Å². The molecule has 1 aliphatic rings. The summed E-state index contributed by atoms with van der Waals surface area (Å²) < 4.78 is 8.94. The van der Waals surface area contributed by atoms with Crippen LogP contribution in [0.2, 0.25) is 0 Å². The van der Waals surface area contributed by atoms with Crippen molar-refractivity contribution in [1.82, 2.24) is 9.27 Å². The molecule has 1 aliphatic heterocycles. The summed E-state index contributed by atoms with van der Waals surface area (Å²) in [5.41, 5.74) is 6.44. The summed E-state index contributed by atoms with van der Waals surface area (Å²) >= 11 is 1.05. The maximum Gasteiger partial charge on any atom is 0.343 e. The zero-order valence-electron chi connectivity index (χ0n) is 10.1. The molecule has 0 aromatic carbocycles. The smallest absolute Gasteiger partial charge is 0.343 e. The molecule has 0 atom stereocenters. The van der Waals surface area contributed by atoms with Crippen molar-refractivity contribution in [2.75, 3.05) is 25.4 Å². The molecule has 1 amide bonds. The van der Waals surface area contributed by atoms with Crippen molar-refractivity contribution in [3.05, 3.63) is 11.3 Å². The van der Waals surface area contributed by atoms with E-state index in [1.165, 1.54) is 0 Å². The predicted octanol–water partition coefficient (Wildman–Crippen LogP) is 0.813. The fourth-order valence-electron chi connectivity index (χ4n) is 1.89. The average Bonchev–Trinajstić information content (AvgIpc) is 2.96. The van der Waals surface area contributed by atoms with Crippen LogP contribution in [-0.2, 0) is 9.53 Å². The monoisotopic (exact) mass is 269 g/mol. The molecule has 0 radical (unpaired) electrons. The SMILES string of the molecule is Cc1nsc(N)c1C(=O)OCC(=O)N1CCCC1. The molecule has 0 spiro atoms. The van der Waals surface area contributed by atoms with Gasteiger partial charge in [0.15, 0.2) is 6.61 Å². The van der Waals surface area contributed by atoms with E-state index in [1.807, 2.05) is 0 Å². The number of amides is 1. The first-order chi connectivity index (χ1) is 8.59. The summed E-state index contributed by atoms with van der Waals surface area (Å²) in [6.07, 6.45) is 2.03. The van der Waals surface area contributed by atoms with E-state index < -0.39 is 5.97 Å². The fourth-order valence-corrected chi connectivity index (χ4v) is 2.54. The maximum atomic E-state index is 11.8. The van der Waals surface area contributed by atoms with Crippen LogP contribution in [0.1, 0.15) is 28.9 Å². The third-order valence-corrected chi connectivity index (χ3v) is 3.64. The minimum absolute atomic E-state index is 0.153. The lowest BCUT2D eigenvalue weighted by Gasteiger charge is -2.14. The summed E-state index contributed by atoms with van der Waals surface area (Å²) in [4.78, 5) is 25.2. The average molecular weight is 269 g/mol. The number of aryl methyl sites for hydroxylation is 1. The standard InChI is InChI=1S/C11H15N3O3S/c1-7-9(10(12)18-13-7)11(16)17-6-8(15)14-4-2-3-5-14/h2-6,12H2,1H3. The van der Waals surface area contributed by atoms with Crippen molar-refractivity contribution in [1.29, 1.82) is 0 Å². The molecular formula is C11H15N3O3S. The van der Waals surface area contributed by atoms with E-state index in [0.29, 0.717) is 10.7 Å². The number of hydrogen-bond donors (Lipinski definition) is 1. The zero-order valence-corrected chi connectivity index (χ0v) is 11.0. The lowest BCUT2D eigenvalue weighted by molar-refractivity contribution is -0.133. The Morgan fingerprint density at radius 3 is 2.67 bits per heavy atom. The number of esters is 1. The molecule has 2 rings (SSSR count). The van der Waals surface area contributed by atoms with Crippen molar-refractivity contribution >= 4 is 28.4 Å². The quantitative estimate of drug-likeness (QED) is 0.821. The summed E-state index contributed by atoms with van der Waals surface area (Å²) in [5.74, 6) is -0.730. The minimum Gasteiger partial charge on any atom is -0.452 e. The van der Waals surface area contributed by atoms with Crippen LogP contribution in [0.5, 0.6) is 0 Å². The summed E-state index contributed by atoms with van der Waals surface area (Å²) in [6.45, 7) is 2.95. The Kier molecular flexibility index (Phi) is 3.81. The van der Waals surface area contributed by atoms with Crippen molar-refractivity contribution in [2.45, 2.75) is 19.8 Å². The predicted molar refractivity (Wildman–Crippen MR) is 67.4 cm³/mol. The molecule has 1 fully saturated rings. The number of nitrogens with zero attached hydrogens (tertiary/aromatic N) is 2. The highest BCUT2D eigenvalue weighted by Gasteiger charge is 2.22. The summed E-state index contributed by atoms with van der Waals surface area (Å²) in [7, 11) is 0. The molecular weight excluding hydrogens is 254 g/mol. The van der Waals surface area contributed by atoms with E-state index in [-0.39, 0.29) is 18.1 Å². The third-order valence-electron chi connectivity index (χ3n) is 2.88. The van der Waals surface area contributed by atoms with Crippen LogP contribution < -0.4 is 5.73 Å². The summed E-state index contributed by atoms with van der Waals surface area (Å²) in [6, 6.07) is 0. The van der Waals surface area contributed by atoms with Gasteiger partial charge < -0.3 is 15.4 Å². The zero-order chi connectivity index (χ0) is 13.1. The van der Waals surface area contributed by atoms with Gasteiger partial charge in [-0.25, -0.2) is 4.79 Å². The Balaban J connectivity index is 1.90. The second kappa shape index (κ2) is 5.34. The maximum absolute atomic E-state index is 11.8. The van der Waals surface area contributed by atoms with Crippen LogP contribution in [0.3, 0.4) is 0 Å². The van der Waals surface area contributed by atoms with Gasteiger partial charge in [-0.2, -0.15) is 4.37 Å². The molecule has 0 aliphatic carbocycles. The van der Waals surface area contributed by atoms with E-state index >= 15 is 0 Å². The number of aromatic nitrogens is 1. The minimum atomic E-state index is -0.578. The van der Waals surface area contributed by atoms with Crippen molar-refractivity contribution in [2.24, 2.45) is 0 Å². The van der Waals surface area contributed by atoms with Gasteiger partial charge in [-0.05, 0) is 31.3 Å². The van der Waals surface area contributed by atoms with Crippen molar-refractivity contribution in [3.8, 4) is 0 Å². The molecule has 98 valence electrons. The van der Waals surface area contributed by atoms with E-state index in [4.69, 9.17) is 10.5 Å². The van der Waals surface area contributed by atoms with Gasteiger partial charge in [-0.15, -0.1) is 0 Å². The second-order valence-electron chi connectivity index (χ2n) is 4.17. The molecule has 0 bridgehead atoms. The number of likely N-dealkylation sites (tertiary alicyclic amines) is 1. The second-order valence-corrected chi connectivity index (χ2v) is 4.98. The van der Waals surface area contributed by atoms with Crippen LogP contribution in [0.15, 0.2) is 0 Å². The van der Waals surface area contributed by atoms with Gasteiger partial charge in [0, 0.05) is 13.1 Å². The molecule has 7 heteroatoms. The van der Waals surface area contributed by atoms with Crippen LogP contribution in [0, 0.1) is 6.92 Å². The molecule has 0 unspecified atom stereocenters. The Bertz CT molecular complexity index is 447. The number of rotatable bonds is 3. The van der Waals surface area contributed by atoms with Gasteiger partial charge in [-0.1, -0.05) is 0 Å². The lowest BCUT2D eigenvalue weighted by Crippen LogP contribution is -2.32. The van der Waals surface area contributed by atoms with Crippen LogP contribution >= 0.6 is 11.5 Å². The normalized spacial score (nSPS) is 14.8. The number of ether oxygens (including phenoxy) is 1. The first-order valence-corrected chi connectivity index (χ1v) is 6.53. The van der Waals surface area contributed by atoms with Gasteiger partial charge in [0.1, 0.15) is 10.6 Å². The van der Waals surface area contributed by atoms with Crippen molar-refractivity contribution in [3.63, 3.8) is 0 Å². The summed E-state index contributed by atoms with van der Waals surface area (Å²) in [5, 5.41) is 0.325. The first-order valence-electron chi connectivity index (χ1n) is 5.76. The number of carbonyl (C=O) groups is 2. The highest BCUT2D eigenvalue weighted by Crippen LogP contribution is 2.21. The largest absolute Gasteiger partial charge is 0.452 e. The third kappa shape index (κ3) is 2.61. The highest BCUT2D eigenvalue weighted by molar-refractivity contribution is 7.10. The molecule has 2 heterocycles. The number of nitrogen functional groups attached to an aromatic ring is 1. The van der Waals surface area contributed by atoms with Crippen molar-refractivity contribution < 1.29 is 14.3 Å². The van der Waals surface area contributed by atoms with Crippen LogP contribution in [-0.4, -0.2) is 40.8 Å². The fraction of sp³-hybridized carbons (Fsp3) is 0.545. The molecule has 1 saturated heterocycles. The number of carbonyl (C=O) groups excluding carboxylic acids is 2. The Morgan fingerprint density at radius 2 is 2.11 bits per heavy atom. The first kappa shape index (κ1) is 12.8. The molecule has 2 N–H and O–H groups in total. The Labute approximate surface area is 109 Å². The van der Waals surface area contributed by atoms with Gasteiger partial charge in [0.25, 0.3) is 5.91 Å². The van der Waals surface area contributed by atoms with Crippen LogP contribution in [0.25, 0.3) is 0 Å². The Morgan fingerprint density at radius 1 is 1.44 bits per heavy atom. The highest BCUT2D eigenvalue weighted by atomic mass is 32.1. The topological polar surface area (TPSA) is 85.5 Å². The molecule has 1 aromatic heterocycles. The van der Waals surface area contributed by atoms with E-state index in [2.05, 4.69) is 4.37 Å². The molecule has 18 heavy (non-hydrogen) atoms. The molecule has 0 saturated carbocycles.